The standard InChI is InChI=1S/C28H30F2IN7O3/c1-26(39,16-5-7-21-18(11-16)23(31)34-36(21)3)9-10-27(2,40)17-6-8-22-19(12-17)24(35-37(22)4)33-20-13-32-38-14-28(29,30)15-41-25(20)38/h5-8,11-13,39-40H,9-10,14-15H2,1-4H3,(H,33,35). The second-order valence-electron chi connectivity index (χ2n) is 11.2. The van der Waals surface area contributed by atoms with Gasteiger partial charge in [0.2, 0.25) is 5.88 Å². The van der Waals surface area contributed by atoms with Gasteiger partial charge in [-0.2, -0.15) is 15.3 Å². The van der Waals surface area contributed by atoms with Crippen molar-refractivity contribution in [3.8, 4) is 5.88 Å². The van der Waals surface area contributed by atoms with E-state index in [-0.39, 0.29) is 12.3 Å². The van der Waals surface area contributed by atoms with Crippen LogP contribution in [0.2, 0.25) is 0 Å². The highest BCUT2D eigenvalue weighted by Crippen LogP contribution is 2.39. The number of anilines is 2. The molecule has 216 valence electrons. The Morgan fingerprint density at radius 2 is 1.56 bits per heavy atom. The average molecular weight is 677 g/mol. The first-order valence-corrected chi connectivity index (χ1v) is 14.2. The van der Waals surface area contributed by atoms with E-state index < -0.39 is 30.3 Å². The molecule has 41 heavy (non-hydrogen) atoms. The fourth-order valence-corrected chi connectivity index (χ4v) is 6.07. The highest BCUT2D eigenvalue weighted by molar-refractivity contribution is 14.1. The molecule has 1 aliphatic rings. The first-order valence-electron chi connectivity index (χ1n) is 13.1. The molecule has 0 aliphatic carbocycles. The number of halogens is 3. The van der Waals surface area contributed by atoms with Crippen LogP contribution >= 0.6 is 22.6 Å². The molecule has 4 heterocycles. The number of benzene rings is 2. The molecule has 0 radical (unpaired) electrons. The molecule has 2 aromatic carbocycles. The second kappa shape index (κ2) is 9.63. The van der Waals surface area contributed by atoms with Crippen molar-refractivity contribution in [2.75, 3.05) is 11.9 Å². The Morgan fingerprint density at radius 1 is 0.976 bits per heavy atom. The third-order valence-electron chi connectivity index (χ3n) is 7.84. The molecule has 3 N–H and O–H groups in total. The number of aryl methyl sites for hydroxylation is 2. The monoisotopic (exact) mass is 677 g/mol. The van der Waals surface area contributed by atoms with E-state index in [1.807, 2.05) is 48.1 Å². The molecule has 1 aliphatic heterocycles. The molecule has 13 heteroatoms. The number of nitrogens with zero attached hydrogens (tertiary/aromatic N) is 6. The lowest BCUT2D eigenvalue weighted by molar-refractivity contribution is -0.0792. The van der Waals surface area contributed by atoms with Crippen molar-refractivity contribution in [3.05, 3.63) is 57.4 Å². The largest absolute Gasteiger partial charge is 0.470 e. The lowest BCUT2D eigenvalue weighted by Crippen LogP contribution is -2.36. The van der Waals surface area contributed by atoms with E-state index in [2.05, 4.69) is 43.2 Å². The second-order valence-corrected chi connectivity index (χ2v) is 12.2. The fraction of sp³-hybridized carbons (Fsp3) is 0.393. The van der Waals surface area contributed by atoms with E-state index in [1.165, 1.54) is 6.20 Å². The van der Waals surface area contributed by atoms with E-state index in [1.54, 1.807) is 25.6 Å². The number of fused-ring (bicyclic) bond motifs is 3. The van der Waals surface area contributed by atoms with Gasteiger partial charge >= 0.3 is 5.92 Å². The van der Waals surface area contributed by atoms with Crippen molar-refractivity contribution in [1.82, 2.24) is 29.3 Å². The number of nitrogens with one attached hydrogen (secondary N) is 1. The van der Waals surface area contributed by atoms with E-state index in [0.717, 1.165) is 35.8 Å². The molecule has 0 bridgehead atoms. The predicted octanol–water partition coefficient (Wildman–Crippen LogP) is 4.93. The first-order chi connectivity index (χ1) is 19.2. The maximum Gasteiger partial charge on any atom is 0.300 e. The number of ether oxygens (including phenoxy) is 1. The highest BCUT2D eigenvalue weighted by Gasteiger charge is 2.38. The smallest absolute Gasteiger partial charge is 0.300 e. The highest BCUT2D eigenvalue weighted by atomic mass is 127. The van der Waals surface area contributed by atoms with Gasteiger partial charge in [0.15, 0.2) is 12.4 Å². The molecular weight excluding hydrogens is 647 g/mol. The first kappa shape index (κ1) is 27.8. The molecule has 0 amide bonds. The SMILES string of the molecule is Cn1nc(I)c2cc(C(C)(O)CCC(C)(O)c3ccc4c(c3)c(Nc3cnn5c3OCC(F)(F)C5)nn4C)ccc21. The number of aliphatic hydroxyl groups is 2. The summed E-state index contributed by atoms with van der Waals surface area (Å²) in [7, 11) is 3.69. The Bertz CT molecular complexity index is 1790. The molecule has 10 nitrogen and oxygen atoms in total. The average Bonchev–Trinajstić information content (AvgIpc) is 3.55. The van der Waals surface area contributed by atoms with Gasteiger partial charge in [-0.25, -0.2) is 13.5 Å². The summed E-state index contributed by atoms with van der Waals surface area (Å²) >= 11 is 2.19. The van der Waals surface area contributed by atoms with Crippen molar-refractivity contribution in [3.63, 3.8) is 0 Å². The Labute approximate surface area is 248 Å². The van der Waals surface area contributed by atoms with Crippen LogP contribution in [0.15, 0.2) is 42.6 Å². The molecule has 0 fully saturated rings. The van der Waals surface area contributed by atoms with E-state index in [4.69, 9.17) is 4.74 Å². The van der Waals surface area contributed by atoms with Crippen LogP contribution in [0.25, 0.3) is 21.8 Å². The summed E-state index contributed by atoms with van der Waals surface area (Å²) in [5, 5.41) is 40.9. The van der Waals surface area contributed by atoms with Crippen LogP contribution in [0, 0.1) is 3.70 Å². The van der Waals surface area contributed by atoms with Gasteiger partial charge in [-0.3, -0.25) is 9.36 Å². The van der Waals surface area contributed by atoms with Crippen molar-refractivity contribution >= 4 is 55.9 Å². The minimum atomic E-state index is -2.98. The molecule has 5 aromatic rings. The summed E-state index contributed by atoms with van der Waals surface area (Å²) in [6.07, 6.45) is 2.03. The van der Waals surface area contributed by atoms with E-state index in [9.17, 15) is 19.0 Å². The predicted molar refractivity (Wildman–Crippen MR) is 158 cm³/mol. The maximum absolute atomic E-state index is 13.7. The summed E-state index contributed by atoms with van der Waals surface area (Å²) in [5.41, 5.74) is 1.19. The summed E-state index contributed by atoms with van der Waals surface area (Å²) in [6, 6.07) is 11.4. The van der Waals surface area contributed by atoms with Crippen molar-refractivity contribution in [2.24, 2.45) is 14.1 Å². The zero-order valence-electron chi connectivity index (χ0n) is 23.0. The van der Waals surface area contributed by atoms with Crippen LogP contribution in [0.4, 0.5) is 20.3 Å². The summed E-state index contributed by atoms with van der Waals surface area (Å²) in [4.78, 5) is 0. The maximum atomic E-state index is 13.7. The number of hydrogen-bond acceptors (Lipinski definition) is 7. The van der Waals surface area contributed by atoms with Crippen molar-refractivity contribution < 1.29 is 23.7 Å². The Kier molecular flexibility index (Phi) is 6.54. The summed E-state index contributed by atoms with van der Waals surface area (Å²) in [6.45, 7) is 2.20. The lowest BCUT2D eigenvalue weighted by atomic mass is 9.83. The molecule has 2 unspecified atom stereocenters. The minimum Gasteiger partial charge on any atom is -0.470 e. The third kappa shape index (κ3) is 5.03. The fourth-order valence-electron chi connectivity index (χ4n) is 5.32. The van der Waals surface area contributed by atoms with E-state index >= 15 is 0 Å². The number of rotatable bonds is 7. The topological polar surface area (TPSA) is 115 Å². The van der Waals surface area contributed by atoms with Crippen LogP contribution < -0.4 is 10.1 Å². The van der Waals surface area contributed by atoms with Gasteiger partial charge < -0.3 is 20.3 Å². The molecular formula is C28H30F2IN7O3. The molecule has 0 spiro atoms. The number of hydrogen-bond donors (Lipinski definition) is 3. The van der Waals surface area contributed by atoms with Gasteiger partial charge in [0.05, 0.1) is 28.4 Å². The van der Waals surface area contributed by atoms with Gasteiger partial charge in [0.1, 0.15) is 15.9 Å². The summed E-state index contributed by atoms with van der Waals surface area (Å²) in [5.74, 6) is -2.29. The molecule has 6 rings (SSSR count). The Morgan fingerprint density at radius 3 is 2.22 bits per heavy atom. The number of alkyl halides is 2. The van der Waals surface area contributed by atoms with Crippen LogP contribution in [-0.4, -0.2) is 52.1 Å². The van der Waals surface area contributed by atoms with Crippen LogP contribution in [0.5, 0.6) is 5.88 Å². The zero-order valence-corrected chi connectivity index (χ0v) is 25.1. The summed E-state index contributed by atoms with van der Waals surface area (Å²) < 4.78 is 38.3. The normalized spacial score (nSPS) is 17.7. The Balaban J connectivity index is 1.25. The van der Waals surface area contributed by atoms with Gasteiger partial charge in [-0.1, -0.05) is 12.1 Å². The quantitative estimate of drug-likeness (QED) is 0.210. The molecule has 2 atom stereocenters. The van der Waals surface area contributed by atoms with Gasteiger partial charge in [-0.15, -0.1) is 0 Å². The van der Waals surface area contributed by atoms with Crippen LogP contribution in [0.3, 0.4) is 0 Å². The Hall–Kier alpha value is -3.30. The molecule has 0 saturated carbocycles. The van der Waals surface area contributed by atoms with Crippen molar-refractivity contribution in [1.29, 1.82) is 0 Å². The number of aromatic nitrogens is 6. The molecule has 3 aromatic heterocycles. The molecule has 0 saturated heterocycles. The minimum absolute atomic E-state index is 0.222. The zero-order chi connectivity index (χ0) is 29.3. The van der Waals surface area contributed by atoms with Gasteiger partial charge in [-0.05, 0) is 84.7 Å². The van der Waals surface area contributed by atoms with Crippen molar-refractivity contribution in [2.45, 2.75) is 50.4 Å². The lowest BCUT2D eigenvalue weighted by Gasteiger charge is -2.30. The van der Waals surface area contributed by atoms with E-state index in [0.29, 0.717) is 23.5 Å². The van der Waals surface area contributed by atoms with Gasteiger partial charge in [0, 0.05) is 24.9 Å². The van der Waals surface area contributed by atoms with Gasteiger partial charge in [0.25, 0.3) is 0 Å². The third-order valence-corrected chi connectivity index (χ3v) is 8.64. The van der Waals surface area contributed by atoms with Crippen LogP contribution in [0.1, 0.15) is 37.8 Å². The van der Waals surface area contributed by atoms with Crippen LogP contribution in [-0.2, 0) is 31.8 Å².